The van der Waals surface area contributed by atoms with Gasteiger partial charge in [-0.15, -0.1) is 0 Å². The Labute approximate surface area is 227 Å². The predicted molar refractivity (Wildman–Crippen MR) is 143 cm³/mol. The predicted octanol–water partition coefficient (Wildman–Crippen LogP) is 3.75. The van der Waals surface area contributed by atoms with Gasteiger partial charge in [-0.2, -0.15) is 0 Å². The Morgan fingerprint density at radius 3 is 2.61 bits per heavy atom. The first kappa shape index (κ1) is 29.2. The van der Waals surface area contributed by atoms with Crippen LogP contribution in [0.25, 0.3) is 0 Å². The monoisotopic (exact) mass is 547 g/mol. The zero-order valence-corrected chi connectivity index (χ0v) is 23.1. The summed E-state index contributed by atoms with van der Waals surface area (Å²) in [6, 6.07) is 6.24. The second-order valence-corrected chi connectivity index (χ2v) is 11.0. The number of anilines is 1. The number of halogens is 2. The van der Waals surface area contributed by atoms with Gasteiger partial charge in [-0.1, -0.05) is 23.7 Å². The minimum absolute atomic E-state index is 0.0172. The van der Waals surface area contributed by atoms with Gasteiger partial charge in [0.15, 0.2) is 0 Å². The number of nitrogens with zero attached hydrogens (tertiary/aromatic N) is 2. The molecule has 2 heterocycles. The standard InChI is InChI=1S/C27H35ClFN5O4/c1-15-19(7-9-23(30)32-15)13-31-24(35)16(2)33-25(36)22-12-18(10-17-6-8-21(29)20(28)11-17)14-34(22)26(37)38-27(3,4)5/h6-9,11,16,18,22H,10,12-14H2,1-5H3,(H2,30,32)(H,31,35)(H,33,36)/t16-,18-,22+/m0/s1. The Kier molecular flexibility index (Phi) is 9.19. The molecule has 1 saturated heterocycles. The summed E-state index contributed by atoms with van der Waals surface area (Å²) in [5.74, 6) is -1.04. The van der Waals surface area contributed by atoms with E-state index in [0.717, 1.165) is 11.1 Å². The molecule has 2 aromatic rings. The summed E-state index contributed by atoms with van der Waals surface area (Å²) in [5, 5.41) is 5.53. The fourth-order valence-electron chi connectivity index (χ4n) is 4.35. The number of ether oxygens (including phenoxy) is 1. The van der Waals surface area contributed by atoms with Crippen LogP contribution in [0.1, 0.15) is 50.9 Å². The highest BCUT2D eigenvalue weighted by atomic mass is 35.5. The third kappa shape index (κ3) is 7.80. The largest absolute Gasteiger partial charge is 0.444 e. The number of rotatable bonds is 7. The summed E-state index contributed by atoms with van der Waals surface area (Å²) in [6.45, 7) is 9.12. The summed E-state index contributed by atoms with van der Waals surface area (Å²) in [4.78, 5) is 44.5. The molecule has 206 valence electrons. The summed E-state index contributed by atoms with van der Waals surface area (Å²) >= 11 is 5.93. The van der Waals surface area contributed by atoms with Crippen LogP contribution >= 0.6 is 11.6 Å². The van der Waals surface area contributed by atoms with Crippen molar-refractivity contribution in [2.24, 2.45) is 5.92 Å². The van der Waals surface area contributed by atoms with Crippen LogP contribution in [-0.2, 0) is 27.3 Å². The molecule has 11 heteroatoms. The van der Waals surface area contributed by atoms with E-state index in [2.05, 4.69) is 15.6 Å². The fraction of sp³-hybridized carbons (Fsp3) is 0.481. The van der Waals surface area contributed by atoms with Crippen molar-refractivity contribution in [1.29, 1.82) is 0 Å². The number of aryl methyl sites for hydroxylation is 1. The van der Waals surface area contributed by atoms with Crippen molar-refractivity contribution in [3.63, 3.8) is 0 Å². The number of aromatic nitrogens is 1. The lowest BCUT2D eigenvalue weighted by Gasteiger charge is -2.28. The second kappa shape index (κ2) is 12.0. The number of nitrogen functional groups attached to an aromatic ring is 1. The first-order valence-electron chi connectivity index (χ1n) is 12.5. The summed E-state index contributed by atoms with van der Waals surface area (Å²) < 4.78 is 19.1. The van der Waals surface area contributed by atoms with Gasteiger partial charge in [-0.25, -0.2) is 14.2 Å². The van der Waals surface area contributed by atoms with Gasteiger partial charge in [0.2, 0.25) is 11.8 Å². The van der Waals surface area contributed by atoms with E-state index in [1.54, 1.807) is 58.9 Å². The second-order valence-electron chi connectivity index (χ2n) is 10.6. The molecule has 0 unspecified atom stereocenters. The van der Waals surface area contributed by atoms with E-state index in [1.165, 1.54) is 11.0 Å². The van der Waals surface area contributed by atoms with Gasteiger partial charge >= 0.3 is 6.09 Å². The van der Waals surface area contributed by atoms with Crippen LogP contribution in [0.2, 0.25) is 5.02 Å². The molecule has 0 spiro atoms. The topological polar surface area (TPSA) is 127 Å². The minimum atomic E-state index is -0.847. The zero-order chi connectivity index (χ0) is 28.2. The van der Waals surface area contributed by atoms with Gasteiger partial charge < -0.3 is 21.1 Å². The maximum absolute atomic E-state index is 13.6. The van der Waals surface area contributed by atoms with Crippen molar-refractivity contribution in [2.75, 3.05) is 12.3 Å². The van der Waals surface area contributed by atoms with Gasteiger partial charge in [0.1, 0.15) is 29.3 Å². The Morgan fingerprint density at radius 2 is 1.97 bits per heavy atom. The third-order valence-corrected chi connectivity index (χ3v) is 6.54. The molecular formula is C27H35ClFN5O4. The summed E-state index contributed by atoms with van der Waals surface area (Å²) in [6.07, 6.45) is 0.236. The number of likely N-dealkylation sites (tertiary alicyclic amines) is 1. The lowest BCUT2D eigenvalue weighted by atomic mass is 9.96. The van der Waals surface area contributed by atoms with Crippen molar-refractivity contribution in [3.8, 4) is 0 Å². The van der Waals surface area contributed by atoms with Crippen molar-refractivity contribution < 1.29 is 23.5 Å². The number of pyridine rings is 1. The van der Waals surface area contributed by atoms with Crippen LogP contribution in [0.5, 0.6) is 0 Å². The fourth-order valence-corrected chi connectivity index (χ4v) is 4.55. The Balaban J connectivity index is 1.67. The van der Waals surface area contributed by atoms with Crippen LogP contribution in [0.4, 0.5) is 15.0 Å². The van der Waals surface area contributed by atoms with Gasteiger partial charge in [0.25, 0.3) is 0 Å². The zero-order valence-electron chi connectivity index (χ0n) is 22.3. The first-order chi connectivity index (χ1) is 17.7. The number of hydrogen-bond donors (Lipinski definition) is 3. The molecule has 3 rings (SSSR count). The Morgan fingerprint density at radius 1 is 1.26 bits per heavy atom. The van der Waals surface area contributed by atoms with Crippen molar-refractivity contribution in [2.45, 2.75) is 71.7 Å². The van der Waals surface area contributed by atoms with E-state index >= 15 is 0 Å². The van der Waals surface area contributed by atoms with Crippen LogP contribution in [0.15, 0.2) is 30.3 Å². The van der Waals surface area contributed by atoms with Crippen LogP contribution in [-0.4, -0.2) is 52.0 Å². The van der Waals surface area contributed by atoms with E-state index in [9.17, 15) is 18.8 Å². The Bertz CT molecular complexity index is 1200. The normalized spacial score (nSPS) is 18.1. The molecule has 1 fully saturated rings. The number of carbonyl (C=O) groups is 3. The molecule has 1 aliphatic heterocycles. The molecular weight excluding hydrogens is 513 g/mol. The number of nitrogens with one attached hydrogen (secondary N) is 2. The highest BCUT2D eigenvalue weighted by Gasteiger charge is 2.42. The molecule has 4 N–H and O–H groups in total. The molecule has 0 bridgehead atoms. The smallest absolute Gasteiger partial charge is 0.410 e. The van der Waals surface area contributed by atoms with Gasteiger partial charge in [0, 0.05) is 18.8 Å². The maximum Gasteiger partial charge on any atom is 0.410 e. The van der Waals surface area contributed by atoms with Crippen molar-refractivity contribution >= 4 is 35.3 Å². The Hall–Kier alpha value is -3.40. The average molecular weight is 548 g/mol. The highest BCUT2D eigenvalue weighted by molar-refractivity contribution is 6.30. The number of amides is 3. The summed E-state index contributed by atoms with van der Waals surface area (Å²) in [5.41, 5.74) is 7.24. The molecule has 1 aromatic carbocycles. The molecule has 0 saturated carbocycles. The van der Waals surface area contributed by atoms with E-state index in [0.29, 0.717) is 24.4 Å². The van der Waals surface area contributed by atoms with Crippen molar-refractivity contribution in [3.05, 3.63) is 58.0 Å². The lowest BCUT2D eigenvalue weighted by molar-refractivity contribution is -0.131. The van der Waals surface area contributed by atoms with Gasteiger partial charge in [-0.05, 0) is 82.7 Å². The number of hydrogen-bond acceptors (Lipinski definition) is 6. The van der Waals surface area contributed by atoms with Crippen LogP contribution in [0, 0.1) is 18.7 Å². The minimum Gasteiger partial charge on any atom is -0.444 e. The molecule has 9 nitrogen and oxygen atoms in total. The molecule has 38 heavy (non-hydrogen) atoms. The molecule has 0 radical (unpaired) electrons. The van der Waals surface area contributed by atoms with E-state index in [-0.39, 0.29) is 29.9 Å². The van der Waals surface area contributed by atoms with E-state index < -0.39 is 35.5 Å². The van der Waals surface area contributed by atoms with Gasteiger partial charge in [0.05, 0.1) is 5.02 Å². The van der Waals surface area contributed by atoms with E-state index in [4.69, 9.17) is 22.1 Å². The summed E-state index contributed by atoms with van der Waals surface area (Å²) in [7, 11) is 0. The maximum atomic E-state index is 13.6. The van der Waals surface area contributed by atoms with E-state index in [1.807, 2.05) is 0 Å². The number of nitrogens with two attached hydrogens (primary N) is 1. The van der Waals surface area contributed by atoms with Gasteiger partial charge in [-0.3, -0.25) is 14.5 Å². The lowest BCUT2D eigenvalue weighted by Crippen LogP contribution is -2.52. The number of carbonyl (C=O) groups excluding carboxylic acids is 3. The SMILES string of the molecule is Cc1nc(N)ccc1CNC(=O)[C@H](C)NC(=O)[C@H]1C[C@H](Cc2ccc(F)c(Cl)c2)CN1C(=O)OC(C)(C)C. The average Bonchev–Trinajstić information content (AvgIpc) is 3.24. The van der Waals surface area contributed by atoms with Crippen LogP contribution in [0.3, 0.4) is 0 Å². The molecule has 1 aromatic heterocycles. The molecule has 3 amide bonds. The third-order valence-electron chi connectivity index (χ3n) is 6.25. The first-order valence-corrected chi connectivity index (χ1v) is 12.8. The highest BCUT2D eigenvalue weighted by Crippen LogP contribution is 2.29. The quantitative estimate of drug-likeness (QED) is 0.484. The number of benzene rings is 1. The van der Waals surface area contributed by atoms with Crippen molar-refractivity contribution in [1.82, 2.24) is 20.5 Å². The molecule has 1 aliphatic rings. The van der Waals surface area contributed by atoms with Crippen LogP contribution < -0.4 is 16.4 Å². The molecule has 0 aliphatic carbocycles. The molecule has 3 atom stereocenters.